The molecule has 1 fully saturated rings. The molecule has 2 aromatic rings. The summed E-state index contributed by atoms with van der Waals surface area (Å²) in [7, 11) is 0. The lowest BCUT2D eigenvalue weighted by Crippen LogP contribution is -2.48. The van der Waals surface area contributed by atoms with Crippen LogP contribution in [0.2, 0.25) is 0 Å². The van der Waals surface area contributed by atoms with Crippen LogP contribution in [-0.4, -0.2) is 56.2 Å². The van der Waals surface area contributed by atoms with Gasteiger partial charge in [0.15, 0.2) is 0 Å². The first-order valence-electron chi connectivity index (χ1n) is 7.49. The Kier molecular flexibility index (Phi) is 3.93. The molecule has 0 spiro atoms. The van der Waals surface area contributed by atoms with Crippen LogP contribution in [0.4, 0.5) is 5.95 Å². The fourth-order valence-corrected chi connectivity index (χ4v) is 2.75. The number of anilines is 1. The van der Waals surface area contributed by atoms with E-state index >= 15 is 0 Å². The molecule has 1 aliphatic heterocycles. The maximum Gasteiger partial charge on any atom is 0.251 e. The van der Waals surface area contributed by atoms with E-state index in [9.17, 15) is 4.79 Å². The first kappa shape index (κ1) is 14.7. The topological polar surface area (TPSA) is 93.8 Å². The highest BCUT2D eigenvalue weighted by molar-refractivity contribution is 5.29. The summed E-state index contributed by atoms with van der Waals surface area (Å²) in [4.78, 5) is 27.7. The lowest BCUT2D eigenvalue weighted by Gasteiger charge is -2.37. The zero-order valence-electron chi connectivity index (χ0n) is 13.1. The molecule has 1 aliphatic rings. The van der Waals surface area contributed by atoms with E-state index in [1.807, 2.05) is 13.8 Å². The Balaban J connectivity index is 1.66. The van der Waals surface area contributed by atoms with Crippen molar-refractivity contribution >= 4 is 5.95 Å². The van der Waals surface area contributed by atoms with Gasteiger partial charge in [-0.25, -0.2) is 4.98 Å². The zero-order chi connectivity index (χ0) is 15.7. The molecule has 1 unspecified atom stereocenters. The second-order valence-corrected chi connectivity index (χ2v) is 5.69. The Bertz CT molecular complexity index is 699. The zero-order valence-corrected chi connectivity index (χ0v) is 13.1. The number of aryl methyl sites for hydroxylation is 2. The Hall–Kier alpha value is -2.22. The van der Waals surface area contributed by atoms with Gasteiger partial charge in [-0.3, -0.25) is 14.8 Å². The molecule has 22 heavy (non-hydrogen) atoms. The Labute approximate surface area is 128 Å². The molecule has 8 heteroatoms. The van der Waals surface area contributed by atoms with Crippen molar-refractivity contribution in [1.82, 2.24) is 30.0 Å². The normalized spacial score (nSPS) is 17.7. The molecule has 1 atom stereocenters. The molecule has 8 nitrogen and oxygen atoms in total. The van der Waals surface area contributed by atoms with E-state index in [2.05, 4.69) is 41.9 Å². The van der Waals surface area contributed by atoms with Crippen LogP contribution in [-0.2, 0) is 0 Å². The summed E-state index contributed by atoms with van der Waals surface area (Å²) in [6.45, 7) is 9.29. The number of aromatic amines is 2. The molecular formula is C14H21N7O. The summed E-state index contributed by atoms with van der Waals surface area (Å²) < 4.78 is 0. The lowest BCUT2D eigenvalue weighted by molar-refractivity contribution is 0.190. The second-order valence-electron chi connectivity index (χ2n) is 5.69. The van der Waals surface area contributed by atoms with Crippen molar-refractivity contribution < 1.29 is 0 Å². The summed E-state index contributed by atoms with van der Waals surface area (Å²) in [6.07, 6.45) is 0. The van der Waals surface area contributed by atoms with Crippen LogP contribution in [0.3, 0.4) is 0 Å². The van der Waals surface area contributed by atoms with Crippen LogP contribution in [0.1, 0.15) is 30.3 Å². The van der Waals surface area contributed by atoms with Gasteiger partial charge in [-0.2, -0.15) is 4.98 Å². The first-order chi connectivity index (χ1) is 10.5. The smallest absolute Gasteiger partial charge is 0.251 e. The highest BCUT2D eigenvalue weighted by Gasteiger charge is 2.25. The van der Waals surface area contributed by atoms with E-state index in [0.717, 1.165) is 49.5 Å². The van der Waals surface area contributed by atoms with Gasteiger partial charge in [0.2, 0.25) is 5.95 Å². The Morgan fingerprint density at radius 3 is 2.50 bits per heavy atom. The van der Waals surface area contributed by atoms with Crippen molar-refractivity contribution in [3.8, 4) is 0 Å². The van der Waals surface area contributed by atoms with Gasteiger partial charge in [0, 0.05) is 37.9 Å². The quantitative estimate of drug-likeness (QED) is 0.852. The van der Waals surface area contributed by atoms with Crippen molar-refractivity contribution in [1.29, 1.82) is 0 Å². The van der Waals surface area contributed by atoms with Gasteiger partial charge in [-0.15, -0.1) is 5.10 Å². The molecule has 2 aromatic heterocycles. The molecule has 1 saturated heterocycles. The van der Waals surface area contributed by atoms with E-state index < -0.39 is 0 Å². The molecule has 0 amide bonds. The van der Waals surface area contributed by atoms with Crippen LogP contribution in [0.15, 0.2) is 10.9 Å². The maximum absolute atomic E-state index is 11.6. The van der Waals surface area contributed by atoms with E-state index in [1.165, 1.54) is 6.07 Å². The van der Waals surface area contributed by atoms with Crippen LogP contribution in [0, 0.1) is 13.8 Å². The predicted octanol–water partition coefficient (Wildman–Crippen LogP) is 0.388. The number of nitrogens with zero attached hydrogens (tertiary/aromatic N) is 5. The van der Waals surface area contributed by atoms with E-state index in [-0.39, 0.29) is 11.6 Å². The summed E-state index contributed by atoms with van der Waals surface area (Å²) in [5, 5.41) is 7.07. The number of H-pyrrole nitrogens is 2. The number of rotatable bonds is 3. The van der Waals surface area contributed by atoms with Crippen LogP contribution in [0.5, 0.6) is 0 Å². The maximum atomic E-state index is 11.6. The third kappa shape index (κ3) is 3.01. The summed E-state index contributed by atoms with van der Waals surface area (Å²) in [5.41, 5.74) is 0.657. The molecule has 0 saturated carbocycles. The minimum Gasteiger partial charge on any atom is -0.337 e. The summed E-state index contributed by atoms with van der Waals surface area (Å²) >= 11 is 0. The second kappa shape index (κ2) is 5.88. The van der Waals surface area contributed by atoms with E-state index in [4.69, 9.17) is 0 Å². The Morgan fingerprint density at radius 2 is 1.91 bits per heavy atom. The third-order valence-electron chi connectivity index (χ3n) is 4.01. The molecule has 2 N–H and O–H groups in total. The largest absolute Gasteiger partial charge is 0.337 e. The average molecular weight is 303 g/mol. The van der Waals surface area contributed by atoms with E-state index in [0.29, 0.717) is 0 Å². The number of hydrogen-bond donors (Lipinski definition) is 2. The van der Waals surface area contributed by atoms with Crippen LogP contribution in [0.25, 0.3) is 0 Å². The van der Waals surface area contributed by atoms with Gasteiger partial charge in [0.25, 0.3) is 5.56 Å². The predicted molar refractivity (Wildman–Crippen MR) is 82.9 cm³/mol. The third-order valence-corrected chi connectivity index (χ3v) is 4.01. The number of hydrogen-bond acceptors (Lipinski definition) is 6. The SMILES string of the molecule is Cc1cc(=O)[nH]c(C(C)N2CCN(c3n[nH]c(C)n3)CC2)n1. The van der Waals surface area contributed by atoms with Crippen molar-refractivity contribution in [2.45, 2.75) is 26.8 Å². The molecule has 0 bridgehead atoms. The van der Waals surface area contributed by atoms with E-state index in [1.54, 1.807) is 0 Å². The average Bonchev–Trinajstić information content (AvgIpc) is 2.92. The summed E-state index contributed by atoms with van der Waals surface area (Å²) in [6, 6.07) is 1.60. The number of piperazine rings is 1. The molecule has 118 valence electrons. The van der Waals surface area contributed by atoms with Crippen molar-refractivity contribution in [2.24, 2.45) is 0 Å². The molecule has 3 rings (SSSR count). The molecule has 0 aliphatic carbocycles. The lowest BCUT2D eigenvalue weighted by atomic mass is 10.2. The number of aromatic nitrogens is 5. The Morgan fingerprint density at radius 1 is 1.18 bits per heavy atom. The monoisotopic (exact) mass is 303 g/mol. The minimum atomic E-state index is -0.0933. The molecule has 0 aromatic carbocycles. The van der Waals surface area contributed by atoms with Crippen LogP contribution >= 0.6 is 0 Å². The first-order valence-corrected chi connectivity index (χ1v) is 7.49. The molecular weight excluding hydrogens is 282 g/mol. The van der Waals surface area contributed by atoms with Gasteiger partial charge >= 0.3 is 0 Å². The molecule has 0 radical (unpaired) electrons. The van der Waals surface area contributed by atoms with Crippen LogP contribution < -0.4 is 10.5 Å². The standard InChI is InChI=1S/C14H21N7O/c1-9-8-12(22)17-13(15-9)10(2)20-4-6-21(7-5-20)14-16-11(3)18-19-14/h8,10H,4-7H2,1-3H3,(H,15,17,22)(H,16,18,19). The van der Waals surface area contributed by atoms with Crippen molar-refractivity contribution in [3.63, 3.8) is 0 Å². The van der Waals surface area contributed by atoms with Crippen molar-refractivity contribution in [3.05, 3.63) is 33.8 Å². The van der Waals surface area contributed by atoms with Gasteiger partial charge in [0.05, 0.1) is 6.04 Å². The summed E-state index contributed by atoms with van der Waals surface area (Å²) in [5.74, 6) is 2.31. The fourth-order valence-electron chi connectivity index (χ4n) is 2.75. The van der Waals surface area contributed by atoms with Gasteiger partial charge in [0.1, 0.15) is 11.6 Å². The van der Waals surface area contributed by atoms with Crippen molar-refractivity contribution in [2.75, 3.05) is 31.1 Å². The number of nitrogens with one attached hydrogen (secondary N) is 2. The van der Waals surface area contributed by atoms with Gasteiger partial charge < -0.3 is 9.88 Å². The highest BCUT2D eigenvalue weighted by atomic mass is 16.1. The minimum absolute atomic E-state index is 0.0867. The molecule has 3 heterocycles. The fraction of sp³-hybridized carbons (Fsp3) is 0.571. The highest BCUT2D eigenvalue weighted by Crippen LogP contribution is 2.19. The van der Waals surface area contributed by atoms with Gasteiger partial charge in [-0.1, -0.05) is 0 Å². The van der Waals surface area contributed by atoms with Gasteiger partial charge in [-0.05, 0) is 20.8 Å².